The molecule has 0 unspecified atom stereocenters. The van der Waals surface area contributed by atoms with Gasteiger partial charge in [-0.25, -0.2) is 0 Å². The molecule has 2 atom stereocenters. The van der Waals surface area contributed by atoms with E-state index < -0.39 is 0 Å². The second-order valence-corrected chi connectivity index (χ2v) is 7.26. The van der Waals surface area contributed by atoms with Gasteiger partial charge in [0, 0.05) is 24.7 Å². The highest BCUT2D eigenvalue weighted by atomic mass is 16.5. The van der Waals surface area contributed by atoms with Crippen LogP contribution >= 0.6 is 0 Å². The zero-order chi connectivity index (χ0) is 18.0. The summed E-state index contributed by atoms with van der Waals surface area (Å²) in [5.41, 5.74) is 3.58. The Morgan fingerprint density at radius 3 is 2.69 bits per heavy atom. The van der Waals surface area contributed by atoms with Crippen molar-refractivity contribution in [1.29, 1.82) is 0 Å². The van der Waals surface area contributed by atoms with E-state index in [2.05, 4.69) is 33.8 Å². The van der Waals surface area contributed by atoms with Crippen molar-refractivity contribution in [1.82, 2.24) is 15.6 Å². The minimum absolute atomic E-state index is 0.0201. The highest BCUT2D eigenvalue weighted by Crippen LogP contribution is 2.51. The molecule has 136 valence electrons. The average Bonchev–Trinajstić information content (AvgIpc) is 2.91. The smallest absolute Gasteiger partial charge is 0.217 e. The van der Waals surface area contributed by atoms with Gasteiger partial charge in [0.05, 0.1) is 18.8 Å². The molecule has 2 aliphatic rings. The van der Waals surface area contributed by atoms with Crippen LogP contribution < -0.4 is 10.6 Å². The van der Waals surface area contributed by atoms with Crippen LogP contribution in [0.2, 0.25) is 0 Å². The summed E-state index contributed by atoms with van der Waals surface area (Å²) in [4.78, 5) is 16.0. The Balaban J connectivity index is 1.70. The summed E-state index contributed by atoms with van der Waals surface area (Å²) in [6.07, 6.45) is 5.53. The summed E-state index contributed by atoms with van der Waals surface area (Å²) >= 11 is 0. The average molecular weight is 351 g/mol. The molecule has 0 radical (unpaired) electrons. The van der Waals surface area contributed by atoms with Gasteiger partial charge in [0.25, 0.3) is 0 Å². The van der Waals surface area contributed by atoms with Crippen molar-refractivity contribution >= 4 is 5.91 Å². The second kappa shape index (κ2) is 7.17. The van der Waals surface area contributed by atoms with Gasteiger partial charge in [-0.05, 0) is 54.8 Å². The minimum Gasteiger partial charge on any atom is -0.370 e. The number of aromatic nitrogens is 1. The van der Waals surface area contributed by atoms with Gasteiger partial charge in [0.1, 0.15) is 0 Å². The third kappa shape index (κ3) is 3.02. The van der Waals surface area contributed by atoms with Gasteiger partial charge in [0.15, 0.2) is 0 Å². The van der Waals surface area contributed by atoms with E-state index in [9.17, 15) is 4.79 Å². The van der Waals surface area contributed by atoms with Crippen LogP contribution in [0.1, 0.15) is 42.5 Å². The molecule has 1 saturated heterocycles. The predicted molar refractivity (Wildman–Crippen MR) is 99.6 cm³/mol. The quantitative estimate of drug-likeness (QED) is 0.888. The van der Waals surface area contributed by atoms with E-state index in [1.165, 1.54) is 11.1 Å². The Morgan fingerprint density at radius 1 is 1.23 bits per heavy atom. The Hall–Kier alpha value is -2.24. The number of piperidine rings is 1. The number of nitrogens with zero attached hydrogens (tertiary/aromatic N) is 1. The molecule has 2 heterocycles. The van der Waals surface area contributed by atoms with Crippen LogP contribution in [0.25, 0.3) is 0 Å². The number of pyridine rings is 1. The summed E-state index contributed by atoms with van der Waals surface area (Å²) in [6.45, 7) is 4.04. The second-order valence-electron chi connectivity index (χ2n) is 7.26. The number of hydrogen-bond acceptors (Lipinski definition) is 4. The van der Waals surface area contributed by atoms with Crippen molar-refractivity contribution in [3.05, 3.63) is 65.5 Å². The van der Waals surface area contributed by atoms with Crippen molar-refractivity contribution in [2.45, 2.75) is 43.9 Å². The number of amides is 1. The Morgan fingerprint density at radius 2 is 1.96 bits per heavy atom. The number of benzene rings is 1. The minimum atomic E-state index is -0.108. The molecule has 1 aromatic heterocycles. The molecule has 0 bridgehead atoms. The summed E-state index contributed by atoms with van der Waals surface area (Å²) in [7, 11) is 0. The van der Waals surface area contributed by atoms with Crippen molar-refractivity contribution in [2.75, 3.05) is 13.1 Å². The number of ether oxygens (including phenoxy) is 1. The maximum atomic E-state index is 11.9. The van der Waals surface area contributed by atoms with Gasteiger partial charge in [-0.15, -0.1) is 0 Å². The maximum Gasteiger partial charge on any atom is 0.217 e. The van der Waals surface area contributed by atoms with Crippen LogP contribution in [0.15, 0.2) is 48.8 Å². The third-order valence-corrected chi connectivity index (χ3v) is 5.71. The van der Waals surface area contributed by atoms with E-state index in [0.29, 0.717) is 6.61 Å². The van der Waals surface area contributed by atoms with Crippen LogP contribution in [-0.4, -0.2) is 30.1 Å². The van der Waals surface area contributed by atoms with Crippen LogP contribution in [-0.2, 0) is 21.6 Å². The van der Waals surface area contributed by atoms with Crippen molar-refractivity contribution in [3.8, 4) is 0 Å². The number of fused-ring (bicyclic) bond motifs is 2. The Labute approximate surface area is 154 Å². The predicted octanol–water partition coefficient (Wildman–Crippen LogP) is 2.48. The molecule has 1 aliphatic carbocycles. The molecule has 26 heavy (non-hydrogen) atoms. The molecule has 1 aliphatic heterocycles. The summed E-state index contributed by atoms with van der Waals surface area (Å²) in [5, 5.41) is 6.62. The lowest BCUT2D eigenvalue weighted by molar-refractivity contribution is -0.122. The number of carbonyl (C=O) groups is 1. The molecule has 1 aromatic carbocycles. The van der Waals surface area contributed by atoms with Crippen LogP contribution in [0.3, 0.4) is 0 Å². The molecular formula is C21H25N3O2. The zero-order valence-corrected chi connectivity index (χ0v) is 15.1. The summed E-state index contributed by atoms with van der Waals surface area (Å²) < 4.78 is 6.51. The molecule has 0 saturated carbocycles. The van der Waals surface area contributed by atoms with E-state index in [1.807, 2.05) is 18.2 Å². The molecule has 5 nitrogen and oxygen atoms in total. The molecule has 4 rings (SSSR count). The lowest BCUT2D eigenvalue weighted by Gasteiger charge is -2.41. The lowest BCUT2D eigenvalue weighted by atomic mass is 9.72. The fourth-order valence-electron chi connectivity index (χ4n) is 4.58. The first-order valence-electron chi connectivity index (χ1n) is 9.28. The van der Waals surface area contributed by atoms with E-state index in [4.69, 9.17) is 4.74 Å². The molecule has 2 N–H and O–H groups in total. The van der Waals surface area contributed by atoms with Crippen LogP contribution in [0.4, 0.5) is 0 Å². The molecule has 1 spiro atoms. The molecule has 5 heteroatoms. The zero-order valence-electron chi connectivity index (χ0n) is 15.1. The molecular weight excluding hydrogens is 326 g/mol. The topological polar surface area (TPSA) is 63.2 Å². The lowest BCUT2D eigenvalue weighted by Crippen LogP contribution is -2.49. The highest BCUT2D eigenvalue weighted by Gasteiger charge is 2.53. The highest BCUT2D eigenvalue weighted by molar-refractivity contribution is 5.74. The largest absolute Gasteiger partial charge is 0.370 e. The monoisotopic (exact) mass is 351 g/mol. The van der Waals surface area contributed by atoms with Gasteiger partial charge in [-0.1, -0.05) is 24.3 Å². The Kier molecular flexibility index (Phi) is 4.74. The number of nitrogens with one attached hydrogen (secondary N) is 2. The first kappa shape index (κ1) is 17.2. The molecule has 1 fully saturated rings. The first-order valence-corrected chi connectivity index (χ1v) is 9.28. The fourth-order valence-corrected chi connectivity index (χ4v) is 4.58. The number of hydrogen-bond donors (Lipinski definition) is 2. The first-order chi connectivity index (χ1) is 12.7. The van der Waals surface area contributed by atoms with Gasteiger partial charge in [-0.3, -0.25) is 9.78 Å². The van der Waals surface area contributed by atoms with Crippen molar-refractivity contribution in [2.24, 2.45) is 0 Å². The molecule has 2 aromatic rings. The van der Waals surface area contributed by atoms with E-state index >= 15 is 0 Å². The standard InChI is InChI=1S/C21H25N3O2/c1-15(25)24-19-17-4-2-3-5-18(17)21(8-12-23-13-9-21)20(19)26-14-16-6-10-22-11-7-16/h2-7,10-11,19-20,23H,8-9,12-14H2,1H3,(H,24,25)/t19-,20+/m1/s1. The summed E-state index contributed by atoms with van der Waals surface area (Å²) in [6, 6.07) is 12.3. The van der Waals surface area contributed by atoms with E-state index in [1.54, 1.807) is 19.3 Å². The maximum absolute atomic E-state index is 11.9. The van der Waals surface area contributed by atoms with E-state index in [-0.39, 0.29) is 23.5 Å². The SMILES string of the molecule is CC(=O)N[C@@H]1c2ccccc2C2(CCNCC2)[C@H]1OCc1ccncc1. The number of rotatable bonds is 4. The van der Waals surface area contributed by atoms with E-state index in [0.717, 1.165) is 31.5 Å². The normalized spacial score (nSPS) is 23.6. The molecule has 1 amide bonds. The fraction of sp³-hybridized carbons (Fsp3) is 0.429. The Bertz CT molecular complexity index is 772. The van der Waals surface area contributed by atoms with Gasteiger partial charge < -0.3 is 15.4 Å². The van der Waals surface area contributed by atoms with Gasteiger partial charge in [0.2, 0.25) is 5.91 Å². The van der Waals surface area contributed by atoms with Crippen LogP contribution in [0, 0.1) is 0 Å². The van der Waals surface area contributed by atoms with Gasteiger partial charge >= 0.3 is 0 Å². The number of carbonyl (C=O) groups excluding carboxylic acids is 1. The van der Waals surface area contributed by atoms with Crippen molar-refractivity contribution < 1.29 is 9.53 Å². The van der Waals surface area contributed by atoms with Crippen LogP contribution in [0.5, 0.6) is 0 Å². The summed E-state index contributed by atoms with van der Waals surface area (Å²) in [5.74, 6) is -0.0201. The van der Waals surface area contributed by atoms with Gasteiger partial charge in [-0.2, -0.15) is 0 Å². The third-order valence-electron chi connectivity index (χ3n) is 5.71. The van der Waals surface area contributed by atoms with Crippen molar-refractivity contribution in [3.63, 3.8) is 0 Å².